The highest BCUT2D eigenvalue weighted by Gasteiger charge is 2.32. The monoisotopic (exact) mass is 541 g/mol. The number of hydrogen-bond donors (Lipinski definition) is 1. The molecule has 0 bridgehead atoms. The van der Waals surface area contributed by atoms with Gasteiger partial charge in [-0.2, -0.15) is 0 Å². The molecule has 0 aliphatic heterocycles. The second-order valence-corrected chi connectivity index (χ2v) is 11.1. The van der Waals surface area contributed by atoms with Crippen LogP contribution in [0.15, 0.2) is 83.8 Å². The molecule has 0 aliphatic carbocycles. The number of carbonyl (C=O) groups is 2. The van der Waals surface area contributed by atoms with E-state index in [0.717, 1.165) is 21.9 Å². The van der Waals surface area contributed by atoms with Crippen LogP contribution in [0, 0.1) is 6.92 Å². The molecule has 3 rings (SSSR count). The van der Waals surface area contributed by atoms with Crippen molar-refractivity contribution < 1.29 is 18.0 Å². The zero-order valence-electron chi connectivity index (χ0n) is 21.2. The topological polar surface area (TPSA) is 86.8 Å². The van der Waals surface area contributed by atoms with Gasteiger partial charge in [0, 0.05) is 18.1 Å². The molecule has 7 nitrogen and oxygen atoms in total. The Kier molecular flexibility index (Phi) is 9.72. The quantitative estimate of drug-likeness (QED) is 0.378. The van der Waals surface area contributed by atoms with Crippen molar-refractivity contribution in [2.75, 3.05) is 17.4 Å². The van der Waals surface area contributed by atoms with Crippen LogP contribution in [-0.2, 0) is 26.2 Å². The number of nitrogens with zero attached hydrogens (tertiary/aromatic N) is 2. The number of rotatable bonds is 11. The van der Waals surface area contributed by atoms with Crippen LogP contribution >= 0.6 is 11.6 Å². The van der Waals surface area contributed by atoms with Crippen LogP contribution in [0.3, 0.4) is 0 Å². The molecule has 2 amide bonds. The highest BCUT2D eigenvalue weighted by Crippen LogP contribution is 2.27. The number of amides is 2. The highest BCUT2D eigenvalue weighted by atomic mass is 35.5. The van der Waals surface area contributed by atoms with Gasteiger partial charge in [-0.3, -0.25) is 13.9 Å². The van der Waals surface area contributed by atoms with Gasteiger partial charge in [0.25, 0.3) is 10.0 Å². The second-order valence-electron chi connectivity index (χ2n) is 8.78. The molecule has 0 saturated carbocycles. The van der Waals surface area contributed by atoms with Crippen molar-refractivity contribution in [3.63, 3.8) is 0 Å². The lowest BCUT2D eigenvalue weighted by Gasteiger charge is -2.32. The van der Waals surface area contributed by atoms with Gasteiger partial charge in [-0.15, -0.1) is 0 Å². The summed E-state index contributed by atoms with van der Waals surface area (Å²) in [5.41, 5.74) is 1.98. The molecule has 0 saturated heterocycles. The molecule has 196 valence electrons. The summed E-state index contributed by atoms with van der Waals surface area (Å²) < 4.78 is 28.5. The number of sulfonamides is 1. The zero-order valence-corrected chi connectivity index (χ0v) is 22.8. The molecule has 37 heavy (non-hydrogen) atoms. The van der Waals surface area contributed by atoms with Crippen molar-refractivity contribution >= 4 is 39.1 Å². The van der Waals surface area contributed by atoms with Crippen molar-refractivity contribution in [3.8, 4) is 0 Å². The Morgan fingerprint density at radius 3 is 2.27 bits per heavy atom. The SMILES string of the molecule is CCCNC(=O)[C@H](C)N(Cc1ccccc1)C(=O)CN(c1cccc(Cl)c1)S(=O)(=O)c1ccc(C)cc1. The first-order valence-corrected chi connectivity index (χ1v) is 13.9. The van der Waals surface area contributed by atoms with E-state index in [-0.39, 0.29) is 23.0 Å². The van der Waals surface area contributed by atoms with E-state index in [1.54, 1.807) is 37.3 Å². The summed E-state index contributed by atoms with van der Waals surface area (Å²) in [4.78, 5) is 28.1. The summed E-state index contributed by atoms with van der Waals surface area (Å²) >= 11 is 6.18. The number of anilines is 1. The van der Waals surface area contributed by atoms with Crippen LogP contribution in [-0.4, -0.2) is 44.3 Å². The van der Waals surface area contributed by atoms with Gasteiger partial charge in [-0.1, -0.05) is 72.6 Å². The van der Waals surface area contributed by atoms with Crippen LogP contribution in [0.25, 0.3) is 0 Å². The normalized spacial score (nSPS) is 12.0. The fourth-order valence-electron chi connectivity index (χ4n) is 3.76. The van der Waals surface area contributed by atoms with Crippen molar-refractivity contribution in [1.29, 1.82) is 0 Å². The van der Waals surface area contributed by atoms with Crippen LogP contribution in [0.2, 0.25) is 5.02 Å². The van der Waals surface area contributed by atoms with Gasteiger partial charge in [0.05, 0.1) is 10.6 Å². The Balaban J connectivity index is 2.00. The van der Waals surface area contributed by atoms with Crippen LogP contribution in [0.5, 0.6) is 0 Å². The van der Waals surface area contributed by atoms with E-state index in [2.05, 4.69) is 5.32 Å². The lowest BCUT2D eigenvalue weighted by Crippen LogP contribution is -2.51. The third-order valence-corrected chi connectivity index (χ3v) is 7.92. The summed E-state index contributed by atoms with van der Waals surface area (Å²) in [6.07, 6.45) is 0.752. The van der Waals surface area contributed by atoms with Gasteiger partial charge in [-0.25, -0.2) is 8.42 Å². The number of benzene rings is 3. The number of carbonyl (C=O) groups excluding carboxylic acids is 2. The predicted octanol–water partition coefficient (Wildman–Crippen LogP) is 4.79. The van der Waals surface area contributed by atoms with E-state index >= 15 is 0 Å². The molecule has 0 spiro atoms. The molecular weight excluding hydrogens is 510 g/mol. The number of halogens is 1. The fourth-order valence-corrected chi connectivity index (χ4v) is 5.35. The van der Waals surface area contributed by atoms with Crippen LogP contribution < -0.4 is 9.62 Å². The molecule has 1 atom stereocenters. The molecule has 0 heterocycles. The van der Waals surface area contributed by atoms with Crippen LogP contribution in [0.4, 0.5) is 5.69 Å². The molecule has 3 aromatic rings. The average molecular weight is 542 g/mol. The molecular formula is C28H32ClN3O4S. The number of hydrogen-bond acceptors (Lipinski definition) is 4. The van der Waals surface area contributed by atoms with E-state index in [1.807, 2.05) is 44.2 Å². The second kappa shape index (κ2) is 12.7. The molecule has 3 aromatic carbocycles. The maximum Gasteiger partial charge on any atom is 0.264 e. The molecule has 1 N–H and O–H groups in total. The first kappa shape index (κ1) is 28.2. The minimum atomic E-state index is -4.12. The minimum absolute atomic E-state index is 0.0502. The summed E-state index contributed by atoms with van der Waals surface area (Å²) in [5.74, 6) is -0.819. The van der Waals surface area contributed by atoms with Crippen molar-refractivity contribution in [1.82, 2.24) is 10.2 Å². The van der Waals surface area contributed by atoms with Gasteiger partial charge in [0.2, 0.25) is 11.8 Å². The molecule has 0 unspecified atom stereocenters. The summed E-state index contributed by atoms with van der Waals surface area (Å²) in [5, 5.41) is 3.16. The Morgan fingerprint density at radius 1 is 0.973 bits per heavy atom. The van der Waals surface area contributed by atoms with Crippen LogP contribution in [0.1, 0.15) is 31.4 Å². The predicted molar refractivity (Wildman–Crippen MR) is 147 cm³/mol. The summed E-state index contributed by atoms with van der Waals surface area (Å²) in [7, 11) is -4.12. The number of aryl methyl sites for hydroxylation is 1. The van der Waals surface area contributed by atoms with Crippen molar-refractivity contribution in [3.05, 3.63) is 95.0 Å². The van der Waals surface area contributed by atoms with Crippen molar-refractivity contribution in [2.45, 2.75) is 44.7 Å². The van der Waals surface area contributed by atoms with E-state index < -0.39 is 28.5 Å². The first-order valence-electron chi connectivity index (χ1n) is 12.1. The average Bonchev–Trinajstić information content (AvgIpc) is 2.89. The summed E-state index contributed by atoms with van der Waals surface area (Å²) in [6, 6.07) is 21.2. The highest BCUT2D eigenvalue weighted by molar-refractivity contribution is 7.92. The van der Waals surface area contributed by atoms with E-state index in [9.17, 15) is 18.0 Å². The Bertz CT molecular complexity index is 1310. The lowest BCUT2D eigenvalue weighted by atomic mass is 10.1. The van der Waals surface area contributed by atoms with Gasteiger partial charge in [-0.05, 0) is 56.2 Å². The largest absolute Gasteiger partial charge is 0.354 e. The van der Waals surface area contributed by atoms with E-state index in [4.69, 9.17) is 11.6 Å². The Labute approximate surface area is 224 Å². The third-order valence-electron chi connectivity index (χ3n) is 5.90. The van der Waals surface area contributed by atoms with E-state index in [0.29, 0.717) is 11.6 Å². The van der Waals surface area contributed by atoms with Gasteiger partial charge < -0.3 is 10.2 Å². The van der Waals surface area contributed by atoms with Gasteiger partial charge >= 0.3 is 0 Å². The van der Waals surface area contributed by atoms with Gasteiger partial charge in [0.15, 0.2) is 0 Å². The maximum absolute atomic E-state index is 13.8. The van der Waals surface area contributed by atoms with Crippen molar-refractivity contribution in [2.24, 2.45) is 0 Å². The Hall–Kier alpha value is -3.36. The summed E-state index contributed by atoms with van der Waals surface area (Å²) in [6.45, 7) is 5.57. The first-order chi connectivity index (χ1) is 17.6. The standard InChI is InChI=1S/C28H32ClN3O4S/c1-4-17-30-28(34)22(3)31(19-23-9-6-5-7-10-23)27(33)20-32(25-12-8-11-24(29)18-25)37(35,36)26-15-13-21(2)14-16-26/h5-16,18,22H,4,17,19-20H2,1-3H3,(H,30,34)/t22-/m0/s1. The molecule has 0 fully saturated rings. The zero-order chi connectivity index (χ0) is 27.0. The van der Waals surface area contributed by atoms with Gasteiger partial charge in [0.1, 0.15) is 12.6 Å². The maximum atomic E-state index is 13.8. The number of nitrogens with one attached hydrogen (secondary N) is 1. The van der Waals surface area contributed by atoms with E-state index in [1.165, 1.54) is 23.1 Å². The molecule has 0 aliphatic rings. The molecule has 0 radical (unpaired) electrons. The lowest BCUT2D eigenvalue weighted by molar-refractivity contribution is -0.139. The third kappa shape index (κ3) is 7.33. The molecule has 9 heteroatoms. The molecule has 0 aromatic heterocycles. The smallest absolute Gasteiger partial charge is 0.264 e. The minimum Gasteiger partial charge on any atom is -0.354 e. The Morgan fingerprint density at radius 2 is 1.65 bits per heavy atom. The fraction of sp³-hybridized carbons (Fsp3) is 0.286.